The number of furan rings is 1. The Bertz CT molecular complexity index is 2870. The highest BCUT2D eigenvalue weighted by atomic mass is 16.3. The highest BCUT2D eigenvalue weighted by molar-refractivity contribution is 6.22. The van der Waals surface area contributed by atoms with Crippen LogP contribution in [0, 0.1) is 0 Å². The van der Waals surface area contributed by atoms with Crippen LogP contribution < -0.4 is 4.90 Å². The molecule has 0 fully saturated rings. The average molecular weight is 664 g/mol. The zero-order valence-corrected chi connectivity index (χ0v) is 28.4. The maximum atomic E-state index is 6.67. The molecule has 0 spiro atoms. The minimum absolute atomic E-state index is 0.864. The molecule has 0 saturated heterocycles. The third kappa shape index (κ3) is 4.96. The van der Waals surface area contributed by atoms with Gasteiger partial charge in [0, 0.05) is 22.1 Å². The van der Waals surface area contributed by atoms with Gasteiger partial charge in [0.15, 0.2) is 5.58 Å². The second-order valence-electron chi connectivity index (χ2n) is 13.3. The first-order valence-electron chi connectivity index (χ1n) is 17.8. The molecule has 0 amide bonds. The third-order valence-electron chi connectivity index (χ3n) is 10.2. The first-order valence-corrected chi connectivity index (χ1v) is 17.8. The van der Waals surface area contributed by atoms with E-state index in [1.807, 2.05) is 6.07 Å². The van der Waals surface area contributed by atoms with Gasteiger partial charge in [-0.25, -0.2) is 0 Å². The molecule has 0 N–H and O–H groups in total. The van der Waals surface area contributed by atoms with Crippen LogP contribution in [0.25, 0.3) is 76.9 Å². The van der Waals surface area contributed by atoms with Crippen LogP contribution in [0.15, 0.2) is 205 Å². The summed E-state index contributed by atoms with van der Waals surface area (Å²) in [4.78, 5) is 2.35. The van der Waals surface area contributed by atoms with Crippen LogP contribution in [0.5, 0.6) is 0 Å². The van der Waals surface area contributed by atoms with Crippen LogP contribution in [0.1, 0.15) is 0 Å². The van der Waals surface area contributed by atoms with Crippen molar-refractivity contribution in [2.75, 3.05) is 4.90 Å². The molecule has 0 atom stereocenters. The monoisotopic (exact) mass is 663 g/mol. The molecule has 2 nitrogen and oxygen atoms in total. The van der Waals surface area contributed by atoms with Crippen molar-refractivity contribution in [3.8, 4) is 33.4 Å². The number of hydrogen-bond donors (Lipinski definition) is 0. The second-order valence-corrected chi connectivity index (χ2v) is 13.3. The molecule has 2 heteroatoms. The molecule has 0 aliphatic carbocycles. The summed E-state index contributed by atoms with van der Waals surface area (Å²) in [6.07, 6.45) is 0. The lowest BCUT2D eigenvalue weighted by Crippen LogP contribution is -2.10. The number of para-hydroxylation sites is 2. The normalized spacial score (nSPS) is 11.5. The lowest BCUT2D eigenvalue weighted by atomic mass is 9.85. The molecule has 0 radical (unpaired) electrons. The lowest BCUT2D eigenvalue weighted by molar-refractivity contribution is 0.669. The number of benzene rings is 9. The minimum Gasteiger partial charge on any atom is -0.454 e. The number of rotatable bonds is 6. The Kier molecular flexibility index (Phi) is 7.18. The molecule has 10 rings (SSSR count). The van der Waals surface area contributed by atoms with Gasteiger partial charge in [-0.2, -0.15) is 0 Å². The number of fused-ring (bicyclic) bond motifs is 6. The lowest BCUT2D eigenvalue weighted by Gasteiger charge is -2.27. The summed E-state index contributed by atoms with van der Waals surface area (Å²) >= 11 is 0. The Morgan fingerprint density at radius 1 is 0.308 bits per heavy atom. The predicted molar refractivity (Wildman–Crippen MR) is 220 cm³/mol. The molecular formula is C50H33NO. The van der Waals surface area contributed by atoms with Crippen LogP contribution >= 0.6 is 0 Å². The van der Waals surface area contributed by atoms with Crippen LogP contribution in [0.4, 0.5) is 17.1 Å². The van der Waals surface area contributed by atoms with Crippen molar-refractivity contribution < 1.29 is 4.42 Å². The molecule has 0 saturated carbocycles. The minimum atomic E-state index is 0.864. The van der Waals surface area contributed by atoms with Gasteiger partial charge in [-0.15, -0.1) is 0 Å². The Morgan fingerprint density at radius 2 is 0.808 bits per heavy atom. The van der Waals surface area contributed by atoms with Gasteiger partial charge in [0.05, 0.1) is 5.69 Å². The summed E-state index contributed by atoms with van der Waals surface area (Å²) in [6, 6.07) is 71.6. The fraction of sp³-hybridized carbons (Fsp3) is 0. The van der Waals surface area contributed by atoms with E-state index in [1.54, 1.807) is 0 Å². The van der Waals surface area contributed by atoms with Gasteiger partial charge in [-0.05, 0) is 91.3 Å². The summed E-state index contributed by atoms with van der Waals surface area (Å²) in [7, 11) is 0. The predicted octanol–water partition coefficient (Wildman–Crippen LogP) is 14.4. The molecule has 10 aromatic rings. The average Bonchev–Trinajstić information content (AvgIpc) is 3.61. The largest absolute Gasteiger partial charge is 0.454 e. The van der Waals surface area contributed by atoms with E-state index < -0.39 is 0 Å². The standard InChI is InChI=1S/C50H33NO/c1-4-15-34(16-5-1)35-27-29-38(30-28-35)51(46-25-14-24-44-42-22-12-13-26-47(42)52-50(44)46)39-31-32-41-40-21-10-11-23-43(40)48(36-17-6-2-7-18-36)49(45(41)33-39)37-19-8-3-9-20-37/h1-33H. The van der Waals surface area contributed by atoms with Crippen molar-refractivity contribution in [1.29, 1.82) is 0 Å². The second kappa shape index (κ2) is 12.5. The summed E-state index contributed by atoms with van der Waals surface area (Å²) in [5.41, 5.74) is 12.1. The zero-order chi connectivity index (χ0) is 34.4. The molecule has 244 valence electrons. The van der Waals surface area contributed by atoms with Gasteiger partial charge in [-0.3, -0.25) is 0 Å². The van der Waals surface area contributed by atoms with E-state index in [0.29, 0.717) is 0 Å². The van der Waals surface area contributed by atoms with E-state index in [4.69, 9.17) is 4.42 Å². The van der Waals surface area contributed by atoms with E-state index in [2.05, 4.69) is 199 Å². The van der Waals surface area contributed by atoms with Gasteiger partial charge < -0.3 is 9.32 Å². The molecule has 9 aromatic carbocycles. The maximum Gasteiger partial charge on any atom is 0.159 e. The van der Waals surface area contributed by atoms with Crippen LogP contribution in [-0.2, 0) is 0 Å². The van der Waals surface area contributed by atoms with Crippen molar-refractivity contribution >= 4 is 60.5 Å². The van der Waals surface area contributed by atoms with Gasteiger partial charge in [-0.1, -0.05) is 164 Å². The molecule has 52 heavy (non-hydrogen) atoms. The van der Waals surface area contributed by atoms with Crippen molar-refractivity contribution in [3.05, 3.63) is 200 Å². The van der Waals surface area contributed by atoms with Crippen molar-refractivity contribution in [3.63, 3.8) is 0 Å². The Labute approximate surface area is 302 Å². The van der Waals surface area contributed by atoms with Gasteiger partial charge in [0.25, 0.3) is 0 Å². The summed E-state index contributed by atoms with van der Waals surface area (Å²) in [5.74, 6) is 0. The van der Waals surface area contributed by atoms with E-state index in [-0.39, 0.29) is 0 Å². The van der Waals surface area contributed by atoms with Crippen molar-refractivity contribution in [2.24, 2.45) is 0 Å². The molecular weight excluding hydrogens is 631 g/mol. The van der Waals surface area contributed by atoms with Crippen molar-refractivity contribution in [2.45, 2.75) is 0 Å². The first kappa shape index (κ1) is 30.0. The Morgan fingerprint density at radius 3 is 1.50 bits per heavy atom. The quantitative estimate of drug-likeness (QED) is 0.165. The first-order chi connectivity index (χ1) is 25.8. The molecule has 0 aliphatic heterocycles. The molecule has 0 bridgehead atoms. The zero-order valence-electron chi connectivity index (χ0n) is 28.4. The Balaban J connectivity index is 1.28. The smallest absolute Gasteiger partial charge is 0.159 e. The van der Waals surface area contributed by atoms with Gasteiger partial charge >= 0.3 is 0 Å². The third-order valence-corrected chi connectivity index (χ3v) is 10.2. The van der Waals surface area contributed by atoms with Gasteiger partial charge in [0.1, 0.15) is 5.58 Å². The van der Waals surface area contributed by atoms with Gasteiger partial charge in [0.2, 0.25) is 0 Å². The fourth-order valence-corrected chi connectivity index (χ4v) is 7.90. The highest BCUT2D eigenvalue weighted by Crippen LogP contribution is 2.48. The molecule has 1 aromatic heterocycles. The topological polar surface area (TPSA) is 16.4 Å². The summed E-state index contributed by atoms with van der Waals surface area (Å²) in [5, 5.41) is 7.11. The summed E-state index contributed by atoms with van der Waals surface area (Å²) < 4.78 is 6.67. The van der Waals surface area contributed by atoms with E-state index in [9.17, 15) is 0 Å². The highest BCUT2D eigenvalue weighted by Gasteiger charge is 2.22. The van der Waals surface area contributed by atoms with Crippen LogP contribution in [-0.4, -0.2) is 0 Å². The Hall–Kier alpha value is -6.90. The van der Waals surface area contributed by atoms with Crippen LogP contribution in [0.2, 0.25) is 0 Å². The van der Waals surface area contributed by atoms with Crippen molar-refractivity contribution in [1.82, 2.24) is 0 Å². The number of nitrogens with zero attached hydrogens (tertiary/aromatic N) is 1. The fourth-order valence-electron chi connectivity index (χ4n) is 7.90. The van der Waals surface area contributed by atoms with Crippen LogP contribution in [0.3, 0.4) is 0 Å². The van der Waals surface area contributed by atoms with E-state index in [1.165, 1.54) is 54.9 Å². The number of anilines is 3. The van der Waals surface area contributed by atoms with E-state index >= 15 is 0 Å². The SMILES string of the molecule is c1ccc(-c2ccc(N(c3ccc4c(c3)c(-c3ccccc3)c(-c3ccccc3)c3ccccc34)c3cccc4c3oc3ccccc34)cc2)cc1. The molecule has 0 unspecified atom stereocenters. The maximum absolute atomic E-state index is 6.67. The molecule has 1 heterocycles. The number of hydrogen-bond acceptors (Lipinski definition) is 2. The van der Waals surface area contributed by atoms with E-state index in [0.717, 1.165) is 39.0 Å². The summed E-state index contributed by atoms with van der Waals surface area (Å²) in [6.45, 7) is 0. The molecule has 0 aliphatic rings.